The summed E-state index contributed by atoms with van der Waals surface area (Å²) in [7, 11) is -4.22. The normalized spacial score (nSPS) is 14.0. The van der Waals surface area contributed by atoms with Crippen LogP contribution in [0.25, 0.3) is 0 Å². The minimum absolute atomic E-state index is 0.0140. The molecule has 0 bridgehead atoms. The zero-order valence-corrected chi connectivity index (χ0v) is 27.6. The quantitative estimate of drug-likeness (QED) is 0.168. The van der Waals surface area contributed by atoms with Crippen molar-refractivity contribution < 1.29 is 22.7 Å². The van der Waals surface area contributed by atoms with Crippen LogP contribution in [0.15, 0.2) is 108 Å². The monoisotopic (exact) mass is 679 g/mol. The molecule has 1 aliphatic rings. The van der Waals surface area contributed by atoms with Crippen molar-refractivity contribution in [3.05, 3.63) is 119 Å². The molecule has 0 heterocycles. The fourth-order valence-electron chi connectivity index (χ4n) is 5.38. The van der Waals surface area contributed by atoms with Crippen LogP contribution < -0.4 is 14.4 Å². The first-order valence-electron chi connectivity index (χ1n) is 15.1. The number of carbonyl (C=O) groups excluding carboxylic acids is 2. The van der Waals surface area contributed by atoms with Crippen LogP contribution in [0.4, 0.5) is 5.69 Å². The van der Waals surface area contributed by atoms with Crippen LogP contribution in [0.2, 0.25) is 10.0 Å². The van der Waals surface area contributed by atoms with E-state index in [2.05, 4.69) is 5.32 Å². The maximum absolute atomic E-state index is 14.3. The molecular formula is C35H35Cl2N3O5S. The van der Waals surface area contributed by atoms with E-state index in [4.69, 9.17) is 27.9 Å². The number of benzene rings is 4. The molecule has 5 rings (SSSR count). The van der Waals surface area contributed by atoms with E-state index in [1.807, 2.05) is 30.3 Å². The van der Waals surface area contributed by atoms with E-state index < -0.39 is 28.5 Å². The molecule has 0 unspecified atom stereocenters. The smallest absolute Gasteiger partial charge is 0.264 e. The van der Waals surface area contributed by atoms with E-state index >= 15 is 0 Å². The summed E-state index contributed by atoms with van der Waals surface area (Å²) in [6.07, 6.45) is 3.79. The molecule has 4 aromatic rings. The second-order valence-corrected chi connectivity index (χ2v) is 13.8. The Morgan fingerprint density at radius 2 is 1.39 bits per heavy atom. The predicted molar refractivity (Wildman–Crippen MR) is 181 cm³/mol. The molecule has 2 amide bonds. The molecular weight excluding hydrogens is 645 g/mol. The van der Waals surface area contributed by atoms with Crippen LogP contribution in [0.5, 0.6) is 11.5 Å². The van der Waals surface area contributed by atoms with Gasteiger partial charge in [0.05, 0.1) is 10.6 Å². The number of rotatable bonds is 12. The highest BCUT2D eigenvalue weighted by molar-refractivity contribution is 7.92. The summed E-state index contributed by atoms with van der Waals surface area (Å²) in [5.41, 5.74) is 0.705. The SMILES string of the molecule is C[C@H](C(=O)NC1CCCC1)N(Cc1c(Cl)cccc1Cl)C(=O)CN(c1ccc(Oc2ccccc2)cc1)S(=O)(=O)c1ccccc1. The van der Waals surface area contributed by atoms with Crippen LogP contribution in [-0.2, 0) is 26.2 Å². The van der Waals surface area contributed by atoms with Gasteiger partial charge < -0.3 is 15.0 Å². The zero-order valence-electron chi connectivity index (χ0n) is 25.3. The molecule has 1 N–H and O–H groups in total. The third-order valence-electron chi connectivity index (χ3n) is 7.97. The van der Waals surface area contributed by atoms with Crippen LogP contribution in [0.1, 0.15) is 38.2 Å². The predicted octanol–water partition coefficient (Wildman–Crippen LogP) is 7.46. The molecule has 11 heteroatoms. The summed E-state index contributed by atoms with van der Waals surface area (Å²) in [6.45, 7) is 0.942. The zero-order chi connectivity index (χ0) is 32.7. The molecule has 0 radical (unpaired) electrons. The Bertz CT molecular complexity index is 1730. The highest BCUT2D eigenvalue weighted by Gasteiger charge is 2.34. The Balaban J connectivity index is 1.48. The van der Waals surface area contributed by atoms with E-state index in [1.165, 1.54) is 17.0 Å². The first-order valence-corrected chi connectivity index (χ1v) is 17.3. The van der Waals surface area contributed by atoms with Crippen molar-refractivity contribution in [2.24, 2.45) is 0 Å². The van der Waals surface area contributed by atoms with Gasteiger partial charge >= 0.3 is 0 Å². The van der Waals surface area contributed by atoms with Gasteiger partial charge in [-0.3, -0.25) is 13.9 Å². The first kappa shape index (κ1) is 33.3. The first-order chi connectivity index (χ1) is 22.1. The summed E-state index contributed by atoms with van der Waals surface area (Å²) < 4.78 is 35.1. The molecule has 8 nitrogen and oxygen atoms in total. The number of hydrogen-bond donors (Lipinski definition) is 1. The van der Waals surface area contributed by atoms with E-state index in [1.54, 1.807) is 67.6 Å². The number of nitrogens with zero attached hydrogens (tertiary/aromatic N) is 2. The van der Waals surface area contributed by atoms with Gasteiger partial charge in [-0.25, -0.2) is 8.42 Å². The van der Waals surface area contributed by atoms with Crippen molar-refractivity contribution in [1.82, 2.24) is 10.2 Å². The van der Waals surface area contributed by atoms with Crippen LogP contribution >= 0.6 is 23.2 Å². The van der Waals surface area contributed by atoms with E-state index in [9.17, 15) is 18.0 Å². The molecule has 0 aliphatic heterocycles. The lowest BCUT2D eigenvalue weighted by Gasteiger charge is -2.33. The molecule has 0 saturated heterocycles. The molecule has 1 saturated carbocycles. The van der Waals surface area contributed by atoms with E-state index in [0.29, 0.717) is 27.1 Å². The average Bonchev–Trinajstić information content (AvgIpc) is 3.57. The Kier molecular flexibility index (Phi) is 10.9. The fourth-order valence-corrected chi connectivity index (χ4v) is 7.33. The lowest BCUT2D eigenvalue weighted by atomic mass is 10.1. The van der Waals surface area contributed by atoms with Gasteiger partial charge in [-0.15, -0.1) is 0 Å². The molecule has 4 aromatic carbocycles. The fraction of sp³-hybridized carbons (Fsp3) is 0.257. The van der Waals surface area contributed by atoms with Crippen molar-refractivity contribution in [1.29, 1.82) is 0 Å². The van der Waals surface area contributed by atoms with Gasteiger partial charge in [0.15, 0.2) is 0 Å². The van der Waals surface area contributed by atoms with Crippen molar-refractivity contribution in [3.8, 4) is 11.5 Å². The van der Waals surface area contributed by atoms with Gasteiger partial charge in [-0.05, 0) is 80.4 Å². The number of nitrogens with one attached hydrogen (secondary N) is 1. The van der Waals surface area contributed by atoms with Crippen molar-refractivity contribution >= 4 is 50.7 Å². The number of anilines is 1. The molecule has 0 aromatic heterocycles. The number of ether oxygens (including phenoxy) is 1. The Labute approximate surface area is 279 Å². The maximum atomic E-state index is 14.3. The lowest BCUT2D eigenvalue weighted by Crippen LogP contribution is -2.52. The Hall–Kier alpha value is -4.05. The molecule has 46 heavy (non-hydrogen) atoms. The molecule has 1 fully saturated rings. The highest BCUT2D eigenvalue weighted by atomic mass is 35.5. The third-order valence-corrected chi connectivity index (χ3v) is 10.5. The van der Waals surface area contributed by atoms with Gasteiger partial charge in [0.2, 0.25) is 11.8 Å². The number of para-hydroxylation sites is 1. The van der Waals surface area contributed by atoms with Gasteiger partial charge in [-0.2, -0.15) is 0 Å². The largest absolute Gasteiger partial charge is 0.457 e. The molecule has 0 spiro atoms. The number of hydrogen-bond acceptors (Lipinski definition) is 5. The van der Waals surface area contributed by atoms with Gasteiger partial charge in [0.1, 0.15) is 24.1 Å². The van der Waals surface area contributed by atoms with Gasteiger partial charge in [-0.1, -0.05) is 78.5 Å². The Morgan fingerprint density at radius 3 is 2.00 bits per heavy atom. The minimum atomic E-state index is -4.22. The maximum Gasteiger partial charge on any atom is 0.264 e. The van der Waals surface area contributed by atoms with Crippen molar-refractivity contribution in [3.63, 3.8) is 0 Å². The number of sulfonamides is 1. The third kappa shape index (κ3) is 8.02. The van der Waals surface area contributed by atoms with Crippen molar-refractivity contribution in [2.75, 3.05) is 10.8 Å². The topological polar surface area (TPSA) is 96.0 Å². The number of halogens is 2. The summed E-state index contributed by atoms with van der Waals surface area (Å²) in [6, 6.07) is 27.6. The molecule has 240 valence electrons. The molecule has 1 atom stereocenters. The molecule has 1 aliphatic carbocycles. The van der Waals surface area contributed by atoms with Gasteiger partial charge in [0.25, 0.3) is 10.0 Å². The van der Waals surface area contributed by atoms with Gasteiger partial charge in [0, 0.05) is 28.2 Å². The second kappa shape index (κ2) is 15.0. The second-order valence-electron chi connectivity index (χ2n) is 11.1. The number of amides is 2. The Morgan fingerprint density at radius 1 is 0.826 bits per heavy atom. The summed E-state index contributed by atoms with van der Waals surface area (Å²) in [4.78, 5) is 29.0. The summed E-state index contributed by atoms with van der Waals surface area (Å²) in [5.74, 6) is 0.181. The van der Waals surface area contributed by atoms with Crippen LogP contribution in [-0.4, -0.2) is 43.8 Å². The highest BCUT2D eigenvalue weighted by Crippen LogP contribution is 2.30. The summed E-state index contributed by atoms with van der Waals surface area (Å²) in [5, 5.41) is 3.71. The van der Waals surface area contributed by atoms with Crippen LogP contribution in [0, 0.1) is 0 Å². The minimum Gasteiger partial charge on any atom is -0.457 e. The summed E-state index contributed by atoms with van der Waals surface area (Å²) >= 11 is 13.0. The standard InChI is InChI=1S/C35H35Cl2N3O5S/c1-25(35(42)38-26-11-8-9-12-26)39(23-31-32(36)17-10-18-33(31)37)34(41)24-40(46(43,44)30-15-6-3-7-16-30)27-19-21-29(22-20-27)45-28-13-4-2-5-14-28/h2-7,10,13-22,25-26H,8-9,11-12,23-24H2,1H3,(H,38,42)/t25-/m1/s1. The van der Waals surface area contributed by atoms with E-state index in [-0.39, 0.29) is 29.1 Å². The lowest BCUT2D eigenvalue weighted by molar-refractivity contribution is -0.139. The van der Waals surface area contributed by atoms with E-state index in [0.717, 1.165) is 30.0 Å². The van der Waals surface area contributed by atoms with Crippen LogP contribution in [0.3, 0.4) is 0 Å². The number of carbonyl (C=O) groups is 2. The van der Waals surface area contributed by atoms with Crippen molar-refractivity contribution in [2.45, 2.75) is 56.1 Å². The average molecular weight is 681 g/mol.